The molecule has 1 amide bonds. The van der Waals surface area contributed by atoms with Crippen LogP contribution >= 0.6 is 12.2 Å². The third-order valence-electron chi connectivity index (χ3n) is 5.94. The second-order valence-corrected chi connectivity index (χ2v) is 8.31. The number of halogens is 1. The molecule has 0 aliphatic carbocycles. The Morgan fingerprint density at radius 2 is 1.48 bits per heavy atom. The van der Waals surface area contributed by atoms with Crippen LogP contribution in [-0.2, 0) is 0 Å². The van der Waals surface area contributed by atoms with Gasteiger partial charge in [0.2, 0.25) is 0 Å². The maximum Gasteiger partial charge on any atom is 0.266 e. The smallest absolute Gasteiger partial charge is 0.266 e. The maximum absolute atomic E-state index is 13.2. The largest absolute Gasteiger partial charge is 0.368 e. The van der Waals surface area contributed by atoms with Crippen molar-refractivity contribution in [2.24, 2.45) is 0 Å². The first-order valence-electron chi connectivity index (χ1n) is 10.7. The van der Waals surface area contributed by atoms with Crippen LogP contribution in [0.3, 0.4) is 0 Å². The molecule has 1 fully saturated rings. The molecule has 0 spiro atoms. The standard InChI is InChI=1S/C25H21FN4O2S/c26-18-7-11-19(12-8-18)28-13-15-29(16-14-28)23(31)17-5-9-20(10-6-17)30-24(32)21-3-1-2-4-22(21)27-25(30)33/h1-12H,13-16H2,(H,27,33). The minimum Gasteiger partial charge on any atom is -0.368 e. The van der Waals surface area contributed by atoms with Crippen molar-refractivity contribution in [2.45, 2.75) is 0 Å². The first-order valence-corrected chi connectivity index (χ1v) is 11.1. The quantitative estimate of drug-likeness (QED) is 0.467. The van der Waals surface area contributed by atoms with Gasteiger partial charge in [-0.05, 0) is 72.9 Å². The minimum atomic E-state index is -0.261. The number of carbonyl (C=O) groups is 1. The molecule has 0 atom stereocenters. The predicted octanol–water partition coefficient (Wildman–Crippen LogP) is 4.15. The molecule has 0 saturated carbocycles. The molecule has 1 aliphatic heterocycles. The van der Waals surface area contributed by atoms with E-state index in [1.54, 1.807) is 42.5 Å². The number of H-pyrrole nitrogens is 1. The normalized spacial score (nSPS) is 14.0. The molecule has 8 heteroatoms. The summed E-state index contributed by atoms with van der Waals surface area (Å²) >= 11 is 5.40. The van der Waals surface area contributed by atoms with Gasteiger partial charge in [-0.25, -0.2) is 4.39 Å². The Balaban J connectivity index is 1.33. The number of hydrogen-bond donors (Lipinski definition) is 1. The van der Waals surface area contributed by atoms with Crippen molar-refractivity contribution >= 4 is 34.7 Å². The highest BCUT2D eigenvalue weighted by molar-refractivity contribution is 7.71. The van der Waals surface area contributed by atoms with E-state index >= 15 is 0 Å². The molecule has 2 heterocycles. The summed E-state index contributed by atoms with van der Waals surface area (Å²) in [7, 11) is 0. The summed E-state index contributed by atoms with van der Waals surface area (Å²) in [5.74, 6) is -0.320. The maximum atomic E-state index is 13.2. The number of nitrogens with zero attached hydrogens (tertiary/aromatic N) is 3. The van der Waals surface area contributed by atoms with Crippen LogP contribution in [0.15, 0.2) is 77.6 Å². The number of aromatic amines is 1. The topological polar surface area (TPSA) is 61.3 Å². The summed E-state index contributed by atoms with van der Waals surface area (Å²) in [6, 6.07) is 20.5. The van der Waals surface area contributed by atoms with Gasteiger partial charge in [0, 0.05) is 37.4 Å². The van der Waals surface area contributed by atoms with Crippen molar-refractivity contribution in [3.05, 3.63) is 99.3 Å². The zero-order valence-corrected chi connectivity index (χ0v) is 18.5. The summed E-state index contributed by atoms with van der Waals surface area (Å²) in [5, 5.41) is 0.547. The first kappa shape index (κ1) is 21.1. The Hall–Kier alpha value is -3.78. The van der Waals surface area contributed by atoms with E-state index in [9.17, 15) is 14.0 Å². The van der Waals surface area contributed by atoms with Gasteiger partial charge >= 0.3 is 0 Å². The van der Waals surface area contributed by atoms with Crippen molar-refractivity contribution in [3.63, 3.8) is 0 Å². The number of piperazine rings is 1. The highest BCUT2D eigenvalue weighted by atomic mass is 32.1. The van der Waals surface area contributed by atoms with E-state index in [2.05, 4.69) is 9.88 Å². The van der Waals surface area contributed by atoms with Gasteiger partial charge in [0.15, 0.2) is 4.77 Å². The van der Waals surface area contributed by atoms with E-state index < -0.39 is 0 Å². The number of carbonyl (C=O) groups excluding carboxylic acids is 1. The van der Waals surface area contributed by atoms with Crippen LogP contribution < -0.4 is 10.5 Å². The van der Waals surface area contributed by atoms with Crippen LogP contribution in [-0.4, -0.2) is 46.5 Å². The summed E-state index contributed by atoms with van der Waals surface area (Å²) in [6.07, 6.45) is 0. The number of benzene rings is 3. The molecule has 3 aromatic carbocycles. The Kier molecular flexibility index (Phi) is 5.51. The third-order valence-corrected chi connectivity index (χ3v) is 6.22. The fourth-order valence-electron chi connectivity index (χ4n) is 4.15. The van der Waals surface area contributed by atoms with Crippen LogP contribution in [0.4, 0.5) is 10.1 Å². The van der Waals surface area contributed by atoms with Crippen LogP contribution in [0, 0.1) is 10.6 Å². The zero-order chi connectivity index (χ0) is 22.9. The molecule has 1 aliphatic rings. The van der Waals surface area contributed by atoms with E-state index in [-0.39, 0.29) is 17.3 Å². The van der Waals surface area contributed by atoms with Gasteiger partial charge in [0.1, 0.15) is 5.82 Å². The fourth-order valence-corrected chi connectivity index (χ4v) is 4.45. The fraction of sp³-hybridized carbons (Fsp3) is 0.160. The van der Waals surface area contributed by atoms with Gasteiger partial charge < -0.3 is 14.8 Å². The Morgan fingerprint density at radius 1 is 0.848 bits per heavy atom. The molecule has 1 N–H and O–H groups in total. The Labute approximate surface area is 194 Å². The van der Waals surface area contributed by atoms with Gasteiger partial charge in [0.25, 0.3) is 11.5 Å². The molecule has 6 nitrogen and oxygen atoms in total. The number of anilines is 1. The van der Waals surface area contributed by atoms with Gasteiger partial charge in [-0.15, -0.1) is 0 Å². The predicted molar refractivity (Wildman–Crippen MR) is 129 cm³/mol. The lowest BCUT2D eigenvalue weighted by Crippen LogP contribution is -2.48. The second kappa shape index (κ2) is 8.63. The summed E-state index contributed by atoms with van der Waals surface area (Å²) in [5.41, 5.74) is 2.59. The number of hydrogen-bond acceptors (Lipinski definition) is 4. The molecule has 33 heavy (non-hydrogen) atoms. The molecule has 0 bridgehead atoms. The number of para-hydroxylation sites is 1. The number of fused-ring (bicyclic) bond motifs is 1. The average Bonchev–Trinajstić information content (AvgIpc) is 2.85. The molecular formula is C25H21FN4O2S. The molecule has 4 aromatic rings. The minimum absolute atomic E-state index is 0.0590. The Bertz CT molecular complexity index is 1440. The number of amides is 1. The van der Waals surface area contributed by atoms with Gasteiger partial charge in [-0.2, -0.15) is 0 Å². The second-order valence-electron chi connectivity index (χ2n) is 7.92. The lowest BCUT2D eigenvalue weighted by Gasteiger charge is -2.36. The van der Waals surface area contributed by atoms with Crippen LogP contribution in [0.5, 0.6) is 0 Å². The van der Waals surface area contributed by atoms with E-state index in [4.69, 9.17) is 12.2 Å². The number of aromatic nitrogens is 2. The van der Waals surface area contributed by atoms with Crippen molar-refractivity contribution in [2.75, 3.05) is 31.1 Å². The van der Waals surface area contributed by atoms with E-state index in [1.165, 1.54) is 16.7 Å². The lowest BCUT2D eigenvalue weighted by atomic mass is 10.1. The monoisotopic (exact) mass is 460 g/mol. The lowest BCUT2D eigenvalue weighted by molar-refractivity contribution is 0.0747. The molecule has 166 valence electrons. The molecule has 5 rings (SSSR count). The Morgan fingerprint density at radius 3 is 2.18 bits per heavy atom. The molecule has 0 unspecified atom stereocenters. The van der Waals surface area contributed by atoms with Gasteiger partial charge in [-0.3, -0.25) is 14.2 Å². The first-order chi connectivity index (χ1) is 16.0. The number of nitrogens with one attached hydrogen (secondary N) is 1. The highest BCUT2D eigenvalue weighted by Gasteiger charge is 2.22. The van der Waals surface area contributed by atoms with E-state index in [1.807, 2.05) is 23.1 Å². The van der Waals surface area contributed by atoms with Crippen molar-refractivity contribution < 1.29 is 9.18 Å². The molecule has 1 aromatic heterocycles. The molecule has 0 radical (unpaired) electrons. The molecule has 1 saturated heterocycles. The van der Waals surface area contributed by atoms with Crippen molar-refractivity contribution in [1.29, 1.82) is 0 Å². The average molecular weight is 461 g/mol. The summed E-state index contributed by atoms with van der Waals surface area (Å²) in [6.45, 7) is 2.51. The van der Waals surface area contributed by atoms with Crippen LogP contribution in [0.25, 0.3) is 16.6 Å². The SMILES string of the molecule is O=C(c1ccc(-n2c(=S)[nH]c3ccccc3c2=O)cc1)N1CCN(c2ccc(F)cc2)CC1. The van der Waals surface area contributed by atoms with Crippen LogP contribution in [0.2, 0.25) is 0 Å². The summed E-state index contributed by atoms with van der Waals surface area (Å²) in [4.78, 5) is 33.0. The third kappa shape index (κ3) is 4.05. The van der Waals surface area contributed by atoms with Crippen molar-refractivity contribution in [1.82, 2.24) is 14.5 Å². The van der Waals surface area contributed by atoms with Crippen LogP contribution in [0.1, 0.15) is 10.4 Å². The zero-order valence-electron chi connectivity index (χ0n) is 17.7. The molecular weight excluding hydrogens is 439 g/mol. The number of rotatable bonds is 3. The van der Waals surface area contributed by atoms with E-state index in [0.29, 0.717) is 53.1 Å². The summed E-state index contributed by atoms with van der Waals surface area (Å²) < 4.78 is 14.9. The van der Waals surface area contributed by atoms with Gasteiger partial charge in [-0.1, -0.05) is 12.1 Å². The highest BCUT2D eigenvalue weighted by Crippen LogP contribution is 2.19. The van der Waals surface area contributed by atoms with Crippen molar-refractivity contribution in [3.8, 4) is 5.69 Å². The van der Waals surface area contributed by atoms with Gasteiger partial charge in [0.05, 0.1) is 16.6 Å². The van der Waals surface area contributed by atoms with E-state index in [0.717, 1.165) is 5.69 Å².